The number of likely N-dealkylation sites (N-methyl/N-ethyl adjacent to an activating group) is 1. The zero-order chi connectivity index (χ0) is 13.0. The summed E-state index contributed by atoms with van der Waals surface area (Å²) >= 11 is 12.1. The maximum absolute atomic E-state index is 11.6. The first kappa shape index (κ1) is 14.3. The number of rotatable bonds is 4. The van der Waals surface area contributed by atoms with Gasteiger partial charge in [-0.3, -0.25) is 4.79 Å². The van der Waals surface area contributed by atoms with Crippen molar-refractivity contribution < 1.29 is 4.79 Å². The number of benzene rings is 1. The fraction of sp³-hybridized carbons (Fsp3) is 0.364. The van der Waals surface area contributed by atoms with Crippen LogP contribution in [0.3, 0.4) is 0 Å². The van der Waals surface area contributed by atoms with Gasteiger partial charge in [-0.05, 0) is 31.8 Å². The molecule has 0 aromatic heterocycles. The molecule has 0 unspecified atom stereocenters. The fourth-order valence-corrected chi connectivity index (χ4v) is 1.96. The quantitative estimate of drug-likeness (QED) is 0.883. The number of nitrogens with one attached hydrogen (secondary N) is 1. The van der Waals surface area contributed by atoms with Gasteiger partial charge in [0.1, 0.15) is 0 Å². The number of carbonyl (C=O) groups excluding carboxylic acids is 1. The van der Waals surface area contributed by atoms with Crippen LogP contribution in [0.2, 0.25) is 10.0 Å². The minimum atomic E-state index is -0.167. The van der Waals surface area contributed by atoms with Crippen molar-refractivity contribution in [3.63, 3.8) is 0 Å². The Morgan fingerprint density at radius 1 is 1.35 bits per heavy atom. The average Bonchev–Trinajstić information content (AvgIpc) is 2.22. The third kappa shape index (κ3) is 4.16. The van der Waals surface area contributed by atoms with E-state index in [4.69, 9.17) is 28.9 Å². The molecule has 1 amide bonds. The molecule has 1 aromatic rings. The second-order valence-corrected chi connectivity index (χ2v) is 4.74. The summed E-state index contributed by atoms with van der Waals surface area (Å²) in [5.41, 5.74) is 6.75. The molecule has 0 saturated heterocycles. The van der Waals surface area contributed by atoms with Crippen LogP contribution >= 0.6 is 23.2 Å². The molecule has 0 aliphatic rings. The van der Waals surface area contributed by atoms with Gasteiger partial charge in [0.15, 0.2) is 0 Å². The van der Waals surface area contributed by atoms with E-state index in [1.165, 1.54) is 0 Å². The summed E-state index contributed by atoms with van der Waals surface area (Å²) in [7, 11) is 3.61. The van der Waals surface area contributed by atoms with E-state index in [9.17, 15) is 4.79 Å². The maximum atomic E-state index is 11.6. The number of nitrogens with zero attached hydrogens (tertiary/aromatic N) is 1. The molecule has 0 heterocycles. The average molecular weight is 276 g/mol. The van der Waals surface area contributed by atoms with Gasteiger partial charge in [0.25, 0.3) is 0 Å². The van der Waals surface area contributed by atoms with Gasteiger partial charge in [0.2, 0.25) is 5.91 Å². The third-order valence-corrected chi connectivity index (χ3v) is 2.66. The number of nitrogens with two attached hydrogens (primary N) is 1. The van der Waals surface area contributed by atoms with E-state index in [1.54, 1.807) is 31.1 Å². The molecule has 0 atom stereocenters. The zero-order valence-electron chi connectivity index (χ0n) is 9.76. The van der Waals surface area contributed by atoms with E-state index in [-0.39, 0.29) is 12.5 Å². The smallest absolute Gasteiger partial charge is 0.238 e. The summed E-state index contributed by atoms with van der Waals surface area (Å²) in [5, 5.41) is 3.46. The molecule has 94 valence electrons. The molecule has 17 heavy (non-hydrogen) atoms. The van der Waals surface area contributed by atoms with Crippen LogP contribution in [0.1, 0.15) is 5.56 Å². The Kier molecular flexibility index (Phi) is 5.21. The van der Waals surface area contributed by atoms with Crippen molar-refractivity contribution in [2.45, 2.75) is 6.54 Å². The second kappa shape index (κ2) is 6.21. The number of anilines is 1. The Labute approximate surface area is 111 Å². The van der Waals surface area contributed by atoms with Crippen LogP contribution in [0.4, 0.5) is 5.69 Å². The highest BCUT2D eigenvalue weighted by molar-refractivity contribution is 6.39. The molecule has 0 aliphatic heterocycles. The van der Waals surface area contributed by atoms with Gasteiger partial charge < -0.3 is 16.0 Å². The molecule has 0 aliphatic carbocycles. The summed E-state index contributed by atoms with van der Waals surface area (Å²) in [4.78, 5) is 13.3. The molecule has 0 saturated carbocycles. The van der Waals surface area contributed by atoms with E-state index in [0.29, 0.717) is 22.3 Å². The van der Waals surface area contributed by atoms with E-state index in [0.717, 1.165) is 5.56 Å². The predicted molar refractivity (Wildman–Crippen MR) is 71.5 cm³/mol. The minimum Gasteiger partial charge on any atom is -0.326 e. The summed E-state index contributed by atoms with van der Waals surface area (Å²) in [6.07, 6.45) is 0. The van der Waals surface area contributed by atoms with Gasteiger partial charge in [0, 0.05) is 6.54 Å². The van der Waals surface area contributed by atoms with Gasteiger partial charge in [-0.2, -0.15) is 0 Å². The summed E-state index contributed by atoms with van der Waals surface area (Å²) in [6.45, 7) is 0.622. The van der Waals surface area contributed by atoms with Crippen molar-refractivity contribution in [2.75, 3.05) is 26.0 Å². The highest BCUT2D eigenvalue weighted by atomic mass is 35.5. The van der Waals surface area contributed by atoms with Gasteiger partial charge >= 0.3 is 0 Å². The van der Waals surface area contributed by atoms with E-state index in [2.05, 4.69) is 5.32 Å². The molecule has 1 rings (SSSR count). The first-order chi connectivity index (χ1) is 7.93. The minimum absolute atomic E-state index is 0.167. The molecule has 0 fully saturated rings. The predicted octanol–water partition coefficient (Wildman–Crippen LogP) is 1.95. The Hall–Kier alpha value is -0.810. The van der Waals surface area contributed by atoms with Crippen molar-refractivity contribution in [2.24, 2.45) is 5.73 Å². The monoisotopic (exact) mass is 275 g/mol. The first-order valence-electron chi connectivity index (χ1n) is 5.06. The van der Waals surface area contributed by atoms with Crippen molar-refractivity contribution in [1.29, 1.82) is 0 Å². The van der Waals surface area contributed by atoms with Gasteiger partial charge in [-0.25, -0.2) is 0 Å². The Morgan fingerprint density at radius 2 is 1.88 bits per heavy atom. The number of halogens is 2. The third-order valence-electron chi connectivity index (χ3n) is 2.06. The summed E-state index contributed by atoms with van der Waals surface area (Å²) in [5.74, 6) is -0.167. The van der Waals surface area contributed by atoms with Crippen LogP contribution in [0.5, 0.6) is 0 Å². The lowest BCUT2D eigenvalue weighted by atomic mass is 10.2. The summed E-state index contributed by atoms with van der Waals surface area (Å²) in [6, 6.07) is 3.39. The lowest BCUT2D eigenvalue weighted by Gasteiger charge is -2.13. The topological polar surface area (TPSA) is 58.4 Å². The van der Waals surface area contributed by atoms with Crippen LogP contribution in [0.25, 0.3) is 0 Å². The molecular weight excluding hydrogens is 261 g/mol. The molecule has 1 aromatic carbocycles. The number of hydrogen-bond donors (Lipinski definition) is 2. The number of carbonyl (C=O) groups is 1. The molecular formula is C11H15Cl2N3O. The largest absolute Gasteiger partial charge is 0.326 e. The van der Waals surface area contributed by atoms with Gasteiger partial charge in [0.05, 0.1) is 22.3 Å². The Balaban J connectivity index is 2.88. The van der Waals surface area contributed by atoms with Crippen LogP contribution < -0.4 is 11.1 Å². The van der Waals surface area contributed by atoms with Crippen LogP contribution in [0.15, 0.2) is 12.1 Å². The fourth-order valence-electron chi connectivity index (χ4n) is 1.33. The van der Waals surface area contributed by atoms with Crippen molar-refractivity contribution in [1.82, 2.24) is 4.90 Å². The Morgan fingerprint density at radius 3 is 2.29 bits per heavy atom. The molecule has 6 heteroatoms. The maximum Gasteiger partial charge on any atom is 0.238 e. The van der Waals surface area contributed by atoms with Crippen molar-refractivity contribution >= 4 is 34.8 Å². The highest BCUT2D eigenvalue weighted by Crippen LogP contribution is 2.31. The van der Waals surface area contributed by atoms with E-state index in [1.807, 2.05) is 0 Å². The van der Waals surface area contributed by atoms with Gasteiger partial charge in [-0.1, -0.05) is 23.2 Å². The SMILES string of the molecule is CN(C)CC(=O)Nc1c(Cl)cc(CN)cc1Cl. The van der Waals surface area contributed by atoms with Crippen molar-refractivity contribution in [3.8, 4) is 0 Å². The van der Waals surface area contributed by atoms with Gasteiger partial charge in [-0.15, -0.1) is 0 Å². The van der Waals surface area contributed by atoms with Crippen LogP contribution in [0, 0.1) is 0 Å². The molecule has 3 N–H and O–H groups in total. The summed E-state index contributed by atoms with van der Waals surface area (Å²) < 4.78 is 0. The lowest BCUT2D eigenvalue weighted by Crippen LogP contribution is -2.27. The molecule has 4 nitrogen and oxygen atoms in total. The van der Waals surface area contributed by atoms with Crippen molar-refractivity contribution in [3.05, 3.63) is 27.7 Å². The Bertz CT molecular complexity index is 398. The molecule has 0 radical (unpaired) electrons. The normalized spacial score (nSPS) is 10.7. The second-order valence-electron chi connectivity index (χ2n) is 3.92. The standard InChI is InChI=1S/C11H15Cl2N3O/c1-16(2)6-10(17)15-11-8(12)3-7(5-14)4-9(11)13/h3-4H,5-6,14H2,1-2H3,(H,15,17). The number of hydrogen-bond acceptors (Lipinski definition) is 3. The molecule has 0 spiro atoms. The number of amides is 1. The lowest BCUT2D eigenvalue weighted by molar-refractivity contribution is -0.116. The zero-order valence-corrected chi connectivity index (χ0v) is 11.3. The first-order valence-corrected chi connectivity index (χ1v) is 5.82. The van der Waals surface area contributed by atoms with Crippen LogP contribution in [-0.2, 0) is 11.3 Å². The molecule has 0 bridgehead atoms. The van der Waals surface area contributed by atoms with Crippen LogP contribution in [-0.4, -0.2) is 31.4 Å². The van der Waals surface area contributed by atoms with E-state index >= 15 is 0 Å². The van der Waals surface area contributed by atoms with E-state index < -0.39 is 0 Å². The highest BCUT2D eigenvalue weighted by Gasteiger charge is 2.11.